The molecule has 1 saturated carbocycles. The second kappa shape index (κ2) is 8.23. The zero-order valence-electron chi connectivity index (χ0n) is 18.3. The minimum atomic E-state index is -0.658. The fourth-order valence-electron chi connectivity index (χ4n) is 3.76. The summed E-state index contributed by atoms with van der Waals surface area (Å²) in [5.74, 6) is 0. The number of carbonyl (C=O) groups excluding carboxylic acids is 1. The molecule has 2 aromatic rings. The molecule has 2 fully saturated rings. The lowest BCUT2D eigenvalue weighted by Crippen LogP contribution is -2.40. The topological polar surface area (TPSA) is 104 Å². The highest BCUT2D eigenvalue weighted by atomic mass is 32.1. The summed E-state index contributed by atoms with van der Waals surface area (Å²) >= 11 is 1.32. The number of hydrazone groups is 1. The van der Waals surface area contributed by atoms with Gasteiger partial charge in [0.15, 0.2) is 0 Å². The maximum Gasteiger partial charge on any atom is 0.428 e. The summed E-state index contributed by atoms with van der Waals surface area (Å²) < 4.78 is 14.0. The van der Waals surface area contributed by atoms with Gasteiger partial charge >= 0.3 is 11.8 Å². The van der Waals surface area contributed by atoms with Gasteiger partial charge in [0.25, 0.3) is 5.56 Å². The van der Waals surface area contributed by atoms with Crippen molar-refractivity contribution in [3.05, 3.63) is 31.3 Å². The molecule has 0 radical (unpaired) electrons. The van der Waals surface area contributed by atoms with E-state index in [4.69, 9.17) is 9.47 Å². The molecule has 1 N–H and O–H groups in total. The lowest BCUT2D eigenvalue weighted by atomic mass is 10.2. The van der Waals surface area contributed by atoms with Crippen LogP contribution in [0.25, 0.3) is 10.2 Å². The molecular formula is C21H28N4O5S. The van der Waals surface area contributed by atoms with E-state index in [1.165, 1.54) is 22.1 Å². The van der Waals surface area contributed by atoms with Crippen molar-refractivity contribution < 1.29 is 14.3 Å². The molecule has 31 heavy (non-hydrogen) atoms. The third-order valence-corrected chi connectivity index (χ3v) is 6.59. The van der Waals surface area contributed by atoms with Crippen molar-refractivity contribution in [2.75, 3.05) is 6.61 Å². The highest BCUT2D eigenvalue weighted by molar-refractivity contribution is 7.20. The summed E-state index contributed by atoms with van der Waals surface area (Å²) in [7, 11) is 0. The lowest BCUT2D eigenvalue weighted by Gasteiger charge is -2.18. The van der Waals surface area contributed by atoms with Gasteiger partial charge in [-0.15, -0.1) is 11.3 Å². The molecule has 3 heterocycles. The average molecular weight is 449 g/mol. The number of ether oxygens (including phenoxy) is 2. The van der Waals surface area contributed by atoms with E-state index in [9.17, 15) is 14.4 Å². The molecular weight excluding hydrogens is 420 g/mol. The van der Waals surface area contributed by atoms with E-state index in [1.807, 2.05) is 6.92 Å². The molecule has 1 unspecified atom stereocenters. The Hall–Kier alpha value is -2.46. The number of nitrogens with zero attached hydrogens (tertiary/aromatic N) is 3. The number of thiophene rings is 1. The fourth-order valence-corrected chi connectivity index (χ4v) is 4.93. The monoisotopic (exact) mass is 448 g/mol. The number of fused-ring (bicyclic) bond motifs is 1. The van der Waals surface area contributed by atoms with Gasteiger partial charge in [-0.1, -0.05) is 0 Å². The SMILES string of the molecule is Cc1c(C=NNC(=O)OC(C)(C)C)sc2c1c(=O)n(C1CC1)c(=O)n2CC1CCCO1. The van der Waals surface area contributed by atoms with Gasteiger partial charge in [0.2, 0.25) is 0 Å². The van der Waals surface area contributed by atoms with Crippen LogP contribution in [-0.2, 0) is 16.0 Å². The van der Waals surface area contributed by atoms with Crippen LogP contribution in [0, 0.1) is 6.92 Å². The number of rotatable bonds is 5. The molecule has 0 bridgehead atoms. The molecule has 1 saturated heterocycles. The first-order valence-electron chi connectivity index (χ1n) is 10.6. The summed E-state index contributed by atoms with van der Waals surface area (Å²) in [6.07, 6.45) is 4.37. The minimum Gasteiger partial charge on any atom is -0.443 e. The third kappa shape index (κ3) is 4.59. The molecule has 2 aromatic heterocycles. The number of amides is 1. The van der Waals surface area contributed by atoms with Gasteiger partial charge in [-0.25, -0.2) is 15.0 Å². The molecule has 9 nitrogen and oxygen atoms in total. The molecule has 0 spiro atoms. The predicted molar refractivity (Wildman–Crippen MR) is 119 cm³/mol. The van der Waals surface area contributed by atoms with E-state index < -0.39 is 11.7 Å². The minimum absolute atomic E-state index is 0.0228. The van der Waals surface area contributed by atoms with Crippen LogP contribution >= 0.6 is 11.3 Å². The van der Waals surface area contributed by atoms with Crippen LogP contribution in [0.15, 0.2) is 14.7 Å². The summed E-state index contributed by atoms with van der Waals surface area (Å²) in [5, 5.41) is 4.51. The highest BCUT2D eigenvalue weighted by Gasteiger charge is 2.31. The molecule has 10 heteroatoms. The van der Waals surface area contributed by atoms with Gasteiger partial charge in [0.1, 0.15) is 10.4 Å². The molecule has 0 aromatic carbocycles. The summed E-state index contributed by atoms with van der Waals surface area (Å²) in [6, 6.07) is -0.0228. The van der Waals surface area contributed by atoms with E-state index in [2.05, 4.69) is 10.5 Å². The van der Waals surface area contributed by atoms with E-state index in [0.29, 0.717) is 28.2 Å². The van der Waals surface area contributed by atoms with E-state index in [-0.39, 0.29) is 23.4 Å². The number of nitrogens with one attached hydrogen (secondary N) is 1. The second-order valence-corrected chi connectivity index (χ2v) is 10.1. The zero-order chi connectivity index (χ0) is 22.3. The van der Waals surface area contributed by atoms with Crippen LogP contribution in [0.1, 0.15) is 62.9 Å². The third-order valence-electron chi connectivity index (χ3n) is 5.34. The number of carbonyl (C=O) groups is 1. The Bertz CT molecular complexity index is 1140. The van der Waals surface area contributed by atoms with Gasteiger partial charge < -0.3 is 9.47 Å². The summed E-state index contributed by atoms with van der Waals surface area (Å²) in [6.45, 7) is 8.27. The number of aryl methyl sites for hydroxylation is 1. The van der Waals surface area contributed by atoms with Crippen molar-refractivity contribution in [2.24, 2.45) is 5.10 Å². The first-order chi connectivity index (χ1) is 14.7. The number of aromatic nitrogens is 2. The van der Waals surface area contributed by atoms with Gasteiger partial charge in [-0.3, -0.25) is 13.9 Å². The average Bonchev–Trinajstić information content (AvgIpc) is 3.25. The molecule has 4 rings (SSSR count). The summed E-state index contributed by atoms with van der Waals surface area (Å²) in [4.78, 5) is 39.5. The van der Waals surface area contributed by atoms with Crippen LogP contribution in [0.3, 0.4) is 0 Å². The Kier molecular flexibility index (Phi) is 5.78. The lowest BCUT2D eigenvalue weighted by molar-refractivity contribution is 0.0529. The first-order valence-corrected chi connectivity index (χ1v) is 11.4. The van der Waals surface area contributed by atoms with Gasteiger partial charge in [0, 0.05) is 12.6 Å². The Morgan fingerprint density at radius 1 is 1.32 bits per heavy atom. The largest absolute Gasteiger partial charge is 0.443 e. The molecule has 2 aliphatic rings. The Morgan fingerprint density at radius 2 is 2.06 bits per heavy atom. The molecule has 1 amide bonds. The molecule has 1 aliphatic carbocycles. The van der Waals surface area contributed by atoms with Crippen LogP contribution < -0.4 is 16.7 Å². The van der Waals surface area contributed by atoms with E-state index >= 15 is 0 Å². The van der Waals surface area contributed by atoms with Crippen molar-refractivity contribution in [1.29, 1.82) is 0 Å². The Morgan fingerprint density at radius 3 is 2.68 bits per heavy atom. The normalized spacial score (nSPS) is 19.4. The van der Waals surface area contributed by atoms with Crippen molar-refractivity contribution in [3.63, 3.8) is 0 Å². The standard InChI is InChI=1S/C21H28N4O5S/c1-12-15(10-22-23-19(27)30-21(2,3)4)31-18-16(12)17(26)25(13-7-8-13)20(28)24(18)11-14-6-5-9-29-14/h10,13-14H,5-9,11H2,1-4H3,(H,23,27). The van der Waals surface area contributed by atoms with Gasteiger partial charge in [-0.2, -0.15) is 5.10 Å². The first kappa shape index (κ1) is 21.8. The smallest absolute Gasteiger partial charge is 0.428 e. The van der Waals surface area contributed by atoms with E-state index in [1.54, 1.807) is 25.3 Å². The number of hydrogen-bond donors (Lipinski definition) is 1. The van der Waals surface area contributed by atoms with Crippen LogP contribution in [0.2, 0.25) is 0 Å². The quantitative estimate of drug-likeness (QED) is 0.559. The van der Waals surface area contributed by atoms with Crippen molar-refractivity contribution in [2.45, 2.75) is 77.7 Å². The van der Waals surface area contributed by atoms with Crippen molar-refractivity contribution in [1.82, 2.24) is 14.6 Å². The number of hydrogen-bond acceptors (Lipinski definition) is 7. The van der Waals surface area contributed by atoms with E-state index in [0.717, 1.165) is 31.2 Å². The zero-order valence-corrected chi connectivity index (χ0v) is 19.1. The molecule has 1 atom stereocenters. The maximum atomic E-state index is 13.2. The highest BCUT2D eigenvalue weighted by Crippen LogP contribution is 2.34. The predicted octanol–water partition coefficient (Wildman–Crippen LogP) is 2.91. The Labute approximate surface area is 183 Å². The van der Waals surface area contributed by atoms with Crippen LogP contribution in [-0.4, -0.2) is 39.8 Å². The van der Waals surface area contributed by atoms with Crippen molar-refractivity contribution >= 4 is 33.9 Å². The van der Waals surface area contributed by atoms with Crippen molar-refractivity contribution in [3.8, 4) is 0 Å². The molecule has 168 valence electrons. The van der Waals surface area contributed by atoms with Gasteiger partial charge in [-0.05, 0) is 58.9 Å². The Balaban J connectivity index is 1.72. The summed E-state index contributed by atoms with van der Waals surface area (Å²) in [5.41, 5.74) is 1.94. The van der Waals surface area contributed by atoms with Gasteiger partial charge in [0.05, 0.1) is 29.1 Å². The van der Waals surface area contributed by atoms with Crippen LogP contribution in [0.4, 0.5) is 4.79 Å². The molecule has 1 aliphatic heterocycles. The van der Waals surface area contributed by atoms with Crippen LogP contribution in [0.5, 0.6) is 0 Å². The second-order valence-electron chi connectivity index (χ2n) is 9.08. The fraction of sp³-hybridized carbons (Fsp3) is 0.619. The maximum absolute atomic E-state index is 13.2.